The highest BCUT2D eigenvalue weighted by molar-refractivity contribution is 5.45. The van der Waals surface area contributed by atoms with E-state index in [0.717, 1.165) is 31.4 Å². The average molecular weight is 220 g/mol. The highest BCUT2D eigenvalue weighted by Crippen LogP contribution is 2.25. The van der Waals surface area contributed by atoms with E-state index in [1.54, 1.807) is 6.20 Å². The van der Waals surface area contributed by atoms with Crippen LogP contribution in [0.3, 0.4) is 0 Å². The van der Waals surface area contributed by atoms with Crippen molar-refractivity contribution in [3.63, 3.8) is 0 Å². The Morgan fingerprint density at radius 3 is 2.88 bits per heavy atom. The highest BCUT2D eigenvalue weighted by Gasteiger charge is 2.26. The molecular formula is C12H20N4. The number of rotatable bonds is 6. The van der Waals surface area contributed by atoms with E-state index in [0.29, 0.717) is 5.82 Å². The summed E-state index contributed by atoms with van der Waals surface area (Å²) < 4.78 is 0. The number of hydrogen-bond donors (Lipinski definition) is 2. The molecule has 0 aromatic carbocycles. The van der Waals surface area contributed by atoms with Crippen LogP contribution in [-0.4, -0.2) is 35.6 Å². The van der Waals surface area contributed by atoms with Crippen molar-refractivity contribution >= 4 is 11.5 Å². The smallest absolute Gasteiger partial charge is 0.123 e. The Morgan fingerprint density at radius 1 is 1.50 bits per heavy atom. The number of hydrogen-bond acceptors (Lipinski definition) is 4. The summed E-state index contributed by atoms with van der Waals surface area (Å²) in [7, 11) is 0. The zero-order chi connectivity index (χ0) is 11.4. The monoisotopic (exact) mass is 220 g/mol. The summed E-state index contributed by atoms with van der Waals surface area (Å²) in [6, 6.07) is 4.63. The largest absolute Gasteiger partial charge is 0.384 e. The van der Waals surface area contributed by atoms with E-state index < -0.39 is 0 Å². The SMILES string of the molecule is CCN(CCNc1ccc(N)nc1)C1CC1. The van der Waals surface area contributed by atoms with Gasteiger partial charge in [-0.05, 0) is 31.5 Å². The van der Waals surface area contributed by atoms with Gasteiger partial charge in [-0.1, -0.05) is 6.92 Å². The van der Waals surface area contributed by atoms with Crippen LogP contribution in [0.5, 0.6) is 0 Å². The van der Waals surface area contributed by atoms with Gasteiger partial charge in [-0.15, -0.1) is 0 Å². The molecule has 0 saturated heterocycles. The van der Waals surface area contributed by atoms with Gasteiger partial charge in [0.05, 0.1) is 11.9 Å². The van der Waals surface area contributed by atoms with Gasteiger partial charge < -0.3 is 11.1 Å². The summed E-state index contributed by atoms with van der Waals surface area (Å²) in [6.45, 7) is 5.44. The molecule has 88 valence electrons. The first-order valence-corrected chi connectivity index (χ1v) is 5.99. The topological polar surface area (TPSA) is 54.2 Å². The second-order valence-corrected chi connectivity index (χ2v) is 4.26. The fourth-order valence-electron chi connectivity index (χ4n) is 1.89. The first-order valence-electron chi connectivity index (χ1n) is 5.99. The van der Waals surface area contributed by atoms with Crippen molar-refractivity contribution in [2.45, 2.75) is 25.8 Å². The Labute approximate surface area is 96.8 Å². The summed E-state index contributed by atoms with van der Waals surface area (Å²) in [5.74, 6) is 0.568. The van der Waals surface area contributed by atoms with Crippen LogP contribution in [0.25, 0.3) is 0 Å². The summed E-state index contributed by atoms with van der Waals surface area (Å²) >= 11 is 0. The molecule has 1 heterocycles. The van der Waals surface area contributed by atoms with E-state index in [2.05, 4.69) is 22.1 Å². The molecular weight excluding hydrogens is 200 g/mol. The van der Waals surface area contributed by atoms with E-state index in [4.69, 9.17) is 5.73 Å². The van der Waals surface area contributed by atoms with E-state index in [1.807, 2.05) is 12.1 Å². The molecule has 0 radical (unpaired) electrons. The number of nitrogens with zero attached hydrogens (tertiary/aromatic N) is 2. The van der Waals surface area contributed by atoms with Gasteiger partial charge in [0.15, 0.2) is 0 Å². The second kappa shape index (κ2) is 5.16. The Kier molecular flexibility index (Phi) is 3.62. The van der Waals surface area contributed by atoms with Gasteiger partial charge in [0.25, 0.3) is 0 Å². The van der Waals surface area contributed by atoms with E-state index in [-0.39, 0.29) is 0 Å². The minimum Gasteiger partial charge on any atom is -0.384 e. The number of nitrogen functional groups attached to an aromatic ring is 1. The minimum atomic E-state index is 0.568. The van der Waals surface area contributed by atoms with Gasteiger partial charge in [-0.2, -0.15) is 0 Å². The molecule has 1 aromatic rings. The highest BCUT2D eigenvalue weighted by atomic mass is 15.2. The molecule has 1 fully saturated rings. The third-order valence-electron chi connectivity index (χ3n) is 2.98. The molecule has 3 N–H and O–H groups in total. The molecule has 0 aliphatic heterocycles. The fourth-order valence-corrected chi connectivity index (χ4v) is 1.89. The quantitative estimate of drug-likeness (QED) is 0.764. The number of nitrogens with one attached hydrogen (secondary N) is 1. The van der Waals surface area contributed by atoms with Crippen LogP contribution in [0.4, 0.5) is 11.5 Å². The molecule has 4 nitrogen and oxygen atoms in total. The molecule has 2 rings (SSSR count). The van der Waals surface area contributed by atoms with Crippen molar-refractivity contribution in [3.05, 3.63) is 18.3 Å². The van der Waals surface area contributed by atoms with Crippen molar-refractivity contribution in [3.8, 4) is 0 Å². The maximum Gasteiger partial charge on any atom is 0.123 e. The molecule has 0 unspecified atom stereocenters. The predicted octanol–water partition coefficient (Wildman–Crippen LogP) is 1.56. The number of likely N-dealkylation sites (N-methyl/N-ethyl adjacent to an activating group) is 1. The summed E-state index contributed by atoms with van der Waals surface area (Å²) in [5.41, 5.74) is 6.57. The third kappa shape index (κ3) is 3.10. The fraction of sp³-hybridized carbons (Fsp3) is 0.583. The first-order chi connectivity index (χ1) is 7.79. The van der Waals surface area contributed by atoms with Gasteiger partial charge in [0.1, 0.15) is 5.82 Å². The average Bonchev–Trinajstić information content (AvgIpc) is 3.11. The molecule has 1 aliphatic rings. The number of aromatic nitrogens is 1. The van der Waals surface area contributed by atoms with Gasteiger partial charge in [-0.3, -0.25) is 4.90 Å². The molecule has 1 aliphatic carbocycles. The molecule has 1 saturated carbocycles. The Hall–Kier alpha value is -1.29. The van der Waals surface area contributed by atoms with Crippen LogP contribution in [0.15, 0.2) is 18.3 Å². The summed E-state index contributed by atoms with van der Waals surface area (Å²) in [4.78, 5) is 6.57. The molecule has 1 aromatic heterocycles. The Bertz CT molecular complexity index is 318. The minimum absolute atomic E-state index is 0.568. The Balaban J connectivity index is 1.72. The zero-order valence-electron chi connectivity index (χ0n) is 9.82. The van der Waals surface area contributed by atoms with Crippen molar-refractivity contribution in [1.82, 2.24) is 9.88 Å². The standard InChI is InChI=1S/C12H20N4/c1-2-16(11-4-5-11)8-7-14-10-3-6-12(13)15-9-10/h3,6,9,11,14H,2,4-5,7-8H2,1H3,(H2,13,15). The lowest BCUT2D eigenvalue weighted by atomic mass is 10.4. The predicted molar refractivity (Wildman–Crippen MR) is 67.4 cm³/mol. The van der Waals surface area contributed by atoms with Crippen molar-refractivity contribution < 1.29 is 0 Å². The van der Waals surface area contributed by atoms with E-state index in [1.165, 1.54) is 12.8 Å². The van der Waals surface area contributed by atoms with Crippen LogP contribution in [0.2, 0.25) is 0 Å². The summed E-state index contributed by atoms with van der Waals surface area (Å²) in [6.07, 6.45) is 4.53. The number of anilines is 2. The van der Waals surface area contributed by atoms with E-state index >= 15 is 0 Å². The van der Waals surface area contributed by atoms with Gasteiger partial charge in [0, 0.05) is 19.1 Å². The maximum atomic E-state index is 5.53. The molecule has 4 heteroatoms. The lowest BCUT2D eigenvalue weighted by molar-refractivity contribution is 0.289. The van der Waals surface area contributed by atoms with Gasteiger partial charge in [0.2, 0.25) is 0 Å². The zero-order valence-corrected chi connectivity index (χ0v) is 9.82. The molecule has 0 atom stereocenters. The first kappa shape index (κ1) is 11.2. The number of pyridine rings is 1. The number of nitrogens with two attached hydrogens (primary N) is 1. The summed E-state index contributed by atoms with van der Waals surface area (Å²) in [5, 5.41) is 3.36. The molecule has 16 heavy (non-hydrogen) atoms. The molecule has 0 amide bonds. The Morgan fingerprint density at radius 2 is 2.31 bits per heavy atom. The van der Waals surface area contributed by atoms with Gasteiger partial charge >= 0.3 is 0 Å². The second-order valence-electron chi connectivity index (χ2n) is 4.26. The van der Waals surface area contributed by atoms with Crippen LogP contribution in [0, 0.1) is 0 Å². The van der Waals surface area contributed by atoms with Crippen LogP contribution < -0.4 is 11.1 Å². The van der Waals surface area contributed by atoms with E-state index in [9.17, 15) is 0 Å². The molecule has 0 bridgehead atoms. The lowest BCUT2D eigenvalue weighted by Gasteiger charge is -2.20. The van der Waals surface area contributed by atoms with Crippen LogP contribution in [0.1, 0.15) is 19.8 Å². The van der Waals surface area contributed by atoms with Crippen molar-refractivity contribution in [1.29, 1.82) is 0 Å². The molecule has 0 spiro atoms. The van der Waals surface area contributed by atoms with Crippen LogP contribution >= 0.6 is 0 Å². The maximum absolute atomic E-state index is 5.53. The third-order valence-corrected chi connectivity index (χ3v) is 2.98. The normalized spacial score (nSPS) is 15.4. The van der Waals surface area contributed by atoms with Crippen molar-refractivity contribution in [2.75, 3.05) is 30.7 Å². The van der Waals surface area contributed by atoms with Gasteiger partial charge in [-0.25, -0.2) is 4.98 Å². The van der Waals surface area contributed by atoms with Crippen LogP contribution in [-0.2, 0) is 0 Å². The van der Waals surface area contributed by atoms with Crippen molar-refractivity contribution in [2.24, 2.45) is 0 Å². The lowest BCUT2D eigenvalue weighted by Crippen LogP contribution is -2.30.